The van der Waals surface area contributed by atoms with E-state index in [0.717, 1.165) is 25.0 Å². The van der Waals surface area contributed by atoms with Gasteiger partial charge in [0.2, 0.25) is 0 Å². The lowest BCUT2D eigenvalue weighted by molar-refractivity contribution is -0.130. The minimum atomic E-state index is -4.67. The molecule has 1 saturated carbocycles. The van der Waals surface area contributed by atoms with Gasteiger partial charge in [-0.25, -0.2) is 9.37 Å². The van der Waals surface area contributed by atoms with Crippen molar-refractivity contribution in [3.05, 3.63) is 65.2 Å². The van der Waals surface area contributed by atoms with Crippen molar-refractivity contribution in [3.63, 3.8) is 0 Å². The fourth-order valence-corrected chi connectivity index (χ4v) is 5.57. The van der Waals surface area contributed by atoms with Crippen LogP contribution in [0, 0.1) is 24.1 Å². The molecule has 9 nitrogen and oxygen atoms in total. The van der Waals surface area contributed by atoms with Gasteiger partial charge in [-0.1, -0.05) is 12.8 Å². The van der Waals surface area contributed by atoms with E-state index < -0.39 is 52.3 Å². The number of nitrogens with zero attached hydrogens (tertiary/aromatic N) is 3. The highest BCUT2D eigenvalue weighted by Crippen LogP contribution is 2.30. The van der Waals surface area contributed by atoms with Gasteiger partial charge >= 0.3 is 16.3 Å². The number of alkyl halides is 3. The lowest BCUT2D eigenvalue weighted by Crippen LogP contribution is -2.45. The molecule has 2 atom stereocenters. The zero-order chi connectivity index (χ0) is 29.9. The van der Waals surface area contributed by atoms with E-state index in [1.54, 1.807) is 6.92 Å². The Morgan fingerprint density at radius 1 is 1.20 bits per heavy atom. The third kappa shape index (κ3) is 7.42. The first-order valence-electron chi connectivity index (χ1n) is 12.6. The van der Waals surface area contributed by atoms with Crippen molar-refractivity contribution in [3.8, 4) is 28.9 Å². The number of hydrogen-bond donors (Lipinski definition) is 2. The van der Waals surface area contributed by atoms with Crippen molar-refractivity contribution < 1.29 is 40.1 Å². The molecule has 0 spiro atoms. The number of aromatic nitrogens is 2. The highest BCUT2D eigenvalue weighted by molar-refractivity contribution is 7.87. The molecule has 1 amide bonds. The number of halogens is 4. The summed E-state index contributed by atoms with van der Waals surface area (Å²) in [6.45, 7) is 1.58. The molecule has 2 aromatic carbocycles. The van der Waals surface area contributed by atoms with E-state index in [9.17, 15) is 41.1 Å². The van der Waals surface area contributed by atoms with Gasteiger partial charge < -0.3 is 14.6 Å². The standard InChI is InChI=1S/C27H26F4N4O5S/c1-16-24(26(37)33-22-4-2-3-5-23(22)36)34-25(18-12-17(15-32)13-19(28)14-18)35(16)20-6-8-21(9-7-20)40-41(38,39)11-10-27(29,30)31/h6-9,12-14,22-23,36H,2-5,10-11H2,1H3,(H,33,37). The summed E-state index contributed by atoms with van der Waals surface area (Å²) in [6.07, 6.45) is -4.14. The first-order valence-corrected chi connectivity index (χ1v) is 14.2. The number of carbonyl (C=O) groups excluding carboxylic acids is 1. The largest absolute Gasteiger partial charge is 0.391 e. The van der Waals surface area contributed by atoms with Gasteiger partial charge in [0.25, 0.3) is 5.91 Å². The third-order valence-electron chi connectivity index (χ3n) is 6.61. The molecule has 1 aliphatic carbocycles. The van der Waals surface area contributed by atoms with E-state index >= 15 is 0 Å². The molecule has 4 rings (SSSR count). The van der Waals surface area contributed by atoms with Gasteiger partial charge in [0.1, 0.15) is 23.1 Å². The first kappa shape index (κ1) is 30.0. The molecule has 2 N–H and O–H groups in total. The zero-order valence-electron chi connectivity index (χ0n) is 21.8. The monoisotopic (exact) mass is 594 g/mol. The fraction of sp³-hybridized carbons (Fsp3) is 0.370. The molecule has 1 heterocycles. The third-order valence-corrected chi connectivity index (χ3v) is 7.76. The van der Waals surface area contributed by atoms with Crippen molar-refractivity contribution >= 4 is 16.0 Å². The molecular formula is C27H26F4N4O5S. The Morgan fingerprint density at radius 3 is 2.51 bits per heavy atom. The van der Waals surface area contributed by atoms with E-state index in [2.05, 4.69) is 10.3 Å². The second-order valence-corrected chi connectivity index (χ2v) is 11.4. The second-order valence-electron chi connectivity index (χ2n) is 9.68. The number of nitriles is 1. The number of rotatable bonds is 8. The Hall–Kier alpha value is -3.96. The molecule has 218 valence electrons. The van der Waals surface area contributed by atoms with Crippen LogP contribution < -0.4 is 9.50 Å². The first-order chi connectivity index (χ1) is 19.3. The summed E-state index contributed by atoms with van der Waals surface area (Å²) >= 11 is 0. The molecule has 0 aliphatic heterocycles. The van der Waals surface area contributed by atoms with Crippen LogP contribution in [-0.2, 0) is 10.1 Å². The fourth-order valence-electron chi connectivity index (χ4n) is 4.61. The van der Waals surface area contributed by atoms with Crippen molar-refractivity contribution in [1.29, 1.82) is 5.26 Å². The molecule has 0 saturated heterocycles. The molecule has 0 radical (unpaired) electrons. The summed E-state index contributed by atoms with van der Waals surface area (Å²) in [5.41, 5.74) is 0.824. The number of aliphatic hydroxyl groups is 1. The zero-order valence-corrected chi connectivity index (χ0v) is 22.6. The Morgan fingerprint density at radius 2 is 1.88 bits per heavy atom. The van der Waals surface area contributed by atoms with Crippen LogP contribution in [0.25, 0.3) is 17.1 Å². The van der Waals surface area contributed by atoms with Gasteiger partial charge in [-0.2, -0.15) is 26.9 Å². The molecule has 0 bridgehead atoms. The predicted molar refractivity (Wildman–Crippen MR) is 139 cm³/mol. The van der Waals surface area contributed by atoms with Crippen LogP contribution in [-0.4, -0.2) is 53.1 Å². The van der Waals surface area contributed by atoms with Gasteiger partial charge in [0.05, 0.1) is 41.6 Å². The SMILES string of the molecule is Cc1c(C(=O)NC2CCCCC2O)nc(-c2cc(F)cc(C#N)c2)n1-c1ccc(OS(=O)(=O)CCC(F)(F)F)cc1. The van der Waals surface area contributed by atoms with E-state index in [1.165, 1.54) is 34.9 Å². The normalized spacial score (nSPS) is 17.6. The summed E-state index contributed by atoms with van der Waals surface area (Å²) in [7, 11) is -4.53. The van der Waals surface area contributed by atoms with Gasteiger partial charge in [-0.3, -0.25) is 9.36 Å². The Bertz CT molecular complexity index is 1580. The summed E-state index contributed by atoms with van der Waals surface area (Å²) in [6, 6.07) is 10.2. The number of amides is 1. The van der Waals surface area contributed by atoms with Crippen molar-refractivity contribution in [2.75, 3.05) is 5.75 Å². The van der Waals surface area contributed by atoms with Crippen LogP contribution in [0.3, 0.4) is 0 Å². The van der Waals surface area contributed by atoms with Crippen molar-refractivity contribution in [2.45, 2.75) is 57.3 Å². The van der Waals surface area contributed by atoms with Gasteiger partial charge in [-0.15, -0.1) is 0 Å². The second kappa shape index (κ2) is 11.9. The van der Waals surface area contributed by atoms with Gasteiger partial charge in [0, 0.05) is 11.3 Å². The number of imidazole rings is 1. The van der Waals surface area contributed by atoms with Crippen molar-refractivity contribution in [1.82, 2.24) is 14.9 Å². The summed E-state index contributed by atoms with van der Waals surface area (Å²) < 4.78 is 82.0. The van der Waals surface area contributed by atoms with Crippen LogP contribution in [0.1, 0.15) is 53.8 Å². The lowest BCUT2D eigenvalue weighted by atomic mass is 9.92. The summed E-state index contributed by atoms with van der Waals surface area (Å²) in [4.78, 5) is 17.7. The molecular weight excluding hydrogens is 568 g/mol. The number of benzene rings is 2. The Labute approximate surface area is 233 Å². The average molecular weight is 595 g/mol. The van der Waals surface area contributed by atoms with E-state index in [1.807, 2.05) is 6.07 Å². The van der Waals surface area contributed by atoms with Gasteiger partial charge in [-0.05, 0) is 62.2 Å². The lowest BCUT2D eigenvalue weighted by Gasteiger charge is -2.28. The van der Waals surface area contributed by atoms with Gasteiger partial charge in [0.15, 0.2) is 0 Å². The molecule has 2 unspecified atom stereocenters. The predicted octanol–water partition coefficient (Wildman–Crippen LogP) is 4.55. The Kier molecular flexibility index (Phi) is 8.69. The maximum Gasteiger partial charge on any atom is 0.390 e. The average Bonchev–Trinajstić information content (AvgIpc) is 3.25. The van der Waals surface area contributed by atoms with E-state index in [0.29, 0.717) is 24.2 Å². The van der Waals surface area contributed by atoms with Crippen LogP contribution in [0.4, 0.5) is 17.6 Å². The number of nitrogens with one attached hydrogen (secondary N) is 1. The quantitative estimate of drug-likeness (QED) is 0.289. The maximum absolute atomic E-state index is 14.4. The van der Waals surface area contributed by atoms with Crippen LogP contribution in [0.15, 0.2) is 42.5 Å². The van der Waals surface area contributed by atoms with E-state index in [-0.39, 0.29) is 28.4 Å². The summed E-state index contributed by atoms with van der Waals surface area (Å²) in [5.74, 6) is -2.68. The molecule has 41 heavy (non-hydrogen) atoms. The van der Waals surface area contributed by atoms with Crippen LogP contribution in [0.5, 0.6) is 5.75 Å². The molecule has 1 aromatic heterocycles. The molecule has 14 heteroatoms. The number of carbonyl (C=O) groups is 1. The number of aliphatic hydroxyl groups excluding tert-OH is 1. The molecule has 1 fully saturated rings. The topological polar surface area (TPSA) is 134 Å². The molecule has 3 aromatic rings. The minimum Gasteiger partial charge on any atom is -0.391 e. The highest BCUT2D eigenvalue weighted by atomic mass is 32.2. The van der Waals surface area contributed by atoms with Crippen molar-refractivity contribution in [2.24, 2.45) is 0 Å². The highest BCUT2D eigenvalue weighted by Gasteiger charge is 2.31. The minimum absolute atomic E-state index is 0.0105. The van der Waals surface area contributed by atoms with Crippen LogP contribution >= 0.6 is 0 Å². The molecule has 1 aliphatic rings. The Balaban J connectivity index is 1.71. The smallest absolute Gasteiger partial charge is 0.390 e. The van der Waals surface area contributed by atoms with E-state index in [4.69, 9.17) is 4.18 Å². The maximum atomic E-state index is 14.4. The summed E-state index contributed by atoms with van der Waals surface area (Å²) in [5, 5.41) is 22.4. The van der Waals surface area contributed by atoms with Crippen LogP contribution in [0.2, 0.25) is 0 Å². The number of hydrogen-bond acceptors (Lipinski definition) is 7.